The Bertz CT molecular complexity index is 272. The molecule has 0 saturated carbocycles. The first-order valence-electron chi connectivity index (χ1n) is 3.80. The Morgan fingerprint density at radius 2 is 2.50 bits per heavy atom. The molecule has 1 nitrogen and oxygen atoms in total. The van der Waals surface area contributed by atoms with Crippen LogP contribution in [-0.4, -0.2) is 11.7 Å². The van der Waals surface area contributed by atoms with Crippen LogP contribution < -0.4 is 0 Å². The van der Waals surface area contributed by atoms with Crippen LogP contribution in [0.25, 0.3) is 6.08 Å². The maximum absolute atomic E-state index is 8.90. The van der Waals surface area contributed by atoms with Crippen molar-refractivity contribution in [2.75, 3.05) is 6.61 Å². The summed E-state index contributed by atoms with van der Waals surface area (Å²) in [5, 5.41) is 11.5. The van der Waals surface area contributed by atoms with Crippen molar-refractivity contribution in [3.63, 3.8) is 0 Å². The summed E-state index contributed by atoms with van der Waals surface area (Å²) in [4.78, 5) is 1.10. The first-order valence-corrected chi connectivity index (χ1v) is 5.06. The maximum Gasteiger partial charge on any atom is 0.0645 e. The summed E-state index contributed by atoms with van der Waals surface area (Å²) in [5.74, 6) is 0. The van der Waals surface area contributed by atoms with Gasteiger partial charge in [-0.1, -0.05) is 18.5 Å². The molecule has 3 heteroatoms. The Kier molecular flexibility index (Phi) is 3.79. The van der Waals surface area contributed by atoms with E-state index in [2.05, 4.69) is 0 Å². The number of halogens is 1. The van der Waals surface area contributed by atoms with Gasteiger partial charge >= 0.3 is 0 Å². The first kappa shape index (κ1) is 9.78. The maximum atomic E-state index is 8.90. The van der Waals surface area contributed by atoms with E-state index in [-0.39, 0.29) is 6.61 Å². The number of aliphatic hydroxyl groups excluding tert-OH is 1. The second-order valence-corrected chi connectivity index (χ2v) is 3.86. The van der Waals surface area contributed by atoms with E-state index in [1.807, 2.05) is 24.4 Å². The van der Waals surface area contributed by atoms with Crippen LogP contribution in [0.15, 0.2) is 17.0 Å². The molecule has 0 aliphatic heterocycles. The summed E-state index contributed by atoms with van der Waals surface area (Å²) in [6.45, 7) is 2.16. The van der Waals surface area contributed by atoms with E-state index in [0.29, 0.717) is 0 Å². The average molecular weight is 203 g/mol. The summed E-state index contributed by atoms with van der Waals surface area (Å²) in [5.41, 5.74) is 1.04. The van der Waals surface area contributed by atoms with Gasteiger partial charge in [0.25, 0.3) is 0 Å². The van der Waals surface area contributed by atoms with Gasteiger partial charge in [-0.15, -0.1) is 11.3 Å². The number of thiophene rings is 1. The fraction of sp³-hybridized carbons (Fsp3) is 0.333. The third kappa shape index (κ3) is 2.63. The Balaban J connectivity index is 2.78. The Morgan fingerprint density at radius 3 is 2.92 bits per heavy atom. The molecule has 1 aromatic rings. The highest BCUT2D eigenvalue weighted by Crippen LogP contribution is 2.21. The number of aliphatic hydroxyl groups is 1. The lowest BCUT2D eigenvalue weighted by atomic mass is 10.2. The van der Waals surface area contributed by atoms with Crippen LogP contribution in [-0.2, 0) is 0 Å². The molecule has 66 valence electrons. The van der Waals surface area contributed by atoms with Gasteiger partial charge in [-0.25, -0.2) is 0 Å². The Labute approximate surface area is 81.3 Å². The molecule has 0 fully saturated rings. The first-order chi connectivity index (χ1) is 5.76. The topological polar surface area (TPSA) is 20.2 Å². The van der Waals surface area contributed by atoms with Gasteiger partial charge in [-0.2, -0.15) is 0 Å². The van der Waals surface area contributed by atoms with E-state index in [9.17, 15) is 0 Å². The quantitative estimate of drug-likeness (QED) is 0.798. The molecular formula is C9H11ClOS. The van der Waals surface area contributed by atoms with Gasteiger partial charge < -0.3 is 5.11 Å². The molecule has 1 heterocycles. The van der Waals surface area contributed by atoms with E-state index in [4.69, 9.17) is 16.7 Å². The minimum atomic E-state index is 0.131. The van der Waals surface area contributed by atoms with Gasteiger partial charge in [-0.05, 0) is 24.1 Å². The van der Waals surface area contributed by atoms with Crippen molar-refractivity contribution < 1.29 is 5.11 Å². The van der Waals surface area contributed by atoms with Crippen molar-refractivity contribution in [3.8, 4) is 0 Å². The zero-order chi connectivity index (χ0) is 8.97. The summed E-state index contributed by atoms with van der Waals surface area (Å²) in [6.07, 6.45) is 2.86. The van der Waals surface area contributed by atoms with Gasteiger partial charge in [0.05, 0.1) is 11.6 Å². The van der Waals surface area contributed by atoms with Gasteiger partial charge in [0.15, 0.2) is 0 Å². The fourth-order valence-corrected chi connectivity index (χ4v) is 1.93. The van der Waals surface area contributed by atoms with E-state index in [1.54, 1.807) is 11.3 Å². The molecule has 12 heavy (non-hydrogen) atoms. The van der Waals surface area contributed by atoms with Crippen molar-refractivity contribution in [1.29, 1.82) is 0 Å². The molecule has 1 rings (SSSR count). The molecule has 0 atom stereocenters. The van der Waals surface area contributed by atoms with Crippen molar-refractivity contribution in [2.45, 2.75) is 13.3 Å². The molecule has 0 radical (unpaired) electrons. The minimum Gasteiger partial charge on any atom is -0.392 e. The summed E-state index contributed by atoms with van der Waals surface area (Å²) in [6, 6.07) is 1.90. The van der Waals surface area contributed by atoms with Crippen LogP contribution in [0, 0.1) is 0 Å². The van der Waals surface area contributed by atoms with Gasteiger partial charge in [-0.3, -0.25) is 0 Å². The van der Waals surface area contributed by atoms with Gasteiger partial charge in [0.1, 0.15) is 0 Å². The van der Waals surface area contributed by atoms with Crippen LogP contribution in [0.4, 0.5) is 0 Å². The summed E-state index contributed by atoms with van der Waals surface area (Å²) in [7, 11) is 0. The van der Waals surface area contributed by atoms with Crippen molar-refractivity contribution >= 4 is 29.0 Å². The summed E-state index contributed by atoms with van der Waals surface area (Å²) >= 11 is 7.34. The normalized spacial score (nSPS) is 12.1. The SMILES string of the molecule is CCC(=Cc1cc(Cl)cs1)CO. The lowest BCUT2D eigenvalue weighted by Gasteiger charge is -1.96. The molecule has 0 bridgehead atoms. The van der Waals surface area contributed by atoms with Crippen LogP contribution in [0.3, 0.4) is 0 Å². The highest BCUT2D eigenvalue weighted by Gasteiger charge is 1.96. The minimum absolute atomic E-state index is 0.131. The summed E-state index contributed by atoms with van der Waals surface area (Å²) < 4.78 is 0. The van der Waals surface area contributed by atoms with E-state index in [1.165, 1.54) is 0 Å². The number of rotatable bonds is 3. The average Bonchev–Trinajstić information content (AvgIpc) is 2.47. The van der Waals surface area contributed by atoms with Crippen molar-refractivity contribution in [2.24, 2.45) is 0 Å². The molecule has 0 aromatic carbocycles. The molecule has 0 aliphatic rings. The predicted molar refractivity (Wildman–Crippen MR) is 54.7 cm³/mol. The lowest BCUT2D eigenvalue weighted by molar-refractivity contribution is 0.329. The van der Waals surface area contributed by atoms with Crippen LogP contribution in [0.5, 0.6) is 0 Å². The fourth-order valence-electron chi connectivity index (χ4n) is 0.865. The molecule has 0 saturated heterocycles. The number of hydrogen-bond donors (Lipinski definition) is 1. The standard InChI is InChI=1S/C9H11ClOS/c1-2-7(5-11)3-9-4-8(10)6-12-9/h3-4,6,11H,2,5H2,1H3. The molecule has 0 amide bonds. The molecule has 0 unspecified atom stereocenters. The molecule has 1 aromatic heterocycles. The van der Waals surface area contributed by atoms with E-state index < -0.39 is 0 Å². The monoisotopic (exact) mass is 202 g/mol. The lowest BCUT2D eigenvalue weighted by Crippen LogP contribution is -1.86. The zero-order valence-electron chi connectivity index (χ0n) is 6.88. The molecule has 0 spiro atoms. The van der Waals surface area contributed by atoms with Crippen molar-refractivity contribution in [1.82, 2.24) is 0 Å². The third-order valence-corrected chi connectivity index (χ3v) is 2.82. The van der Waals surface area contributed by atoms with E-state index >= 15 is 0 Å². The zero-order valence-corrected chi connectivity index (χ0v) is 8.45. The predicted octanol–water partition coefficient (Wildman–Crippen LogP) is 3.19. The van der Waals surface area contributed by atoms with Crippen molar-refractivity contribution in [3.05, 3.63) is 26.9 Å². The third-order valence-electron chi connectivity index (χ3n) is 1.59. The van der Waals surface area contributed by atoms with Crippen LogP contribution in [0.1, 0.15) is 18.2 Å². The van der Waals surface area contributed by atoms with Crippen LogP contribution in [0.2, 0.25) is 5.02 Å². The number of hydrogen-bond acceptors (Lipinski definition) is 2. The van der Waals surface area contributed by atoms with Gasteiger partial charge in [0, 0.05) is 10.3 Å². The smallest absolute Gasteiger partial charge is 0.0645 e. The molecule has 1 N–H and O–H groups in total. The largest absolute Gasteiger partial charge is 0.392 e. The van der Waals surface area contributed by atoms with Crippen LogP contribution >= 0.6 is 22.9 Å². The second kappa shape index (κ2) is 4.65. The Morgan fingerprint density at radius 1 is 1.75 bits per heavy atom. The second-order valence-electron chi connectivity index (χ2n) is 2.48. The van der Waals surface area contributed by atoms with E-state index in [0.717, 1.165) is 21.9 Å². The highest BCUT2D eigenvalue weighted by atomic mass is 35.5. The highest BCUT2D eigenvalue weighted by molar-refractivity contribution is 7.11. The van der Waals surface area contributed by atoms with Gasteiger partial charge in [0.2, 0.25) is 0 Å². The molecule has 0 aliphatic carbocycles. The molecular weight excluding hydrogens is 192 g/mol. The Hall–Kier alpha value is -0.310.